The van der Waals surface area contributed by atoms with E-state index in [-0.39, 0.29) is 11.5 Å². The number of ether oxygens (including phenoxy) is 1. The van der Waals surface area contributed by atoms with E-state index < -0.39 is 11.5 Å². The predicted molar refractivity (Wildman–Crippen MR) is 146 cm³/mol. The molecule has 1 fully saturated rings. The smallest absolute Gasteiger partial charge is 0.265 e. The molecule has 194 valence electrons. The summed E-state index contributed by atoms with van der Waals surface area (Å²) in [6.45, 7) is 6.56. The normalized spacial score (nSPS) is 14.5. The number of hydrogen-bond acceptors (Lipinski definition) is 7. The number of aromatic nitrogens is 2. The minimum absolute atomic E-state index is 0.0327. The van der Waals surface area contributed by atoms with E-state index in [1.54, 1.807) is 14.2 Å². The second-order valence-electron chi connectivity index (χ2n) is 9.84. The zero-order chi connectivity index (χ0) is 26.3. The number of primary amides is 1. The molecule has 0 spiro atoms. The Labute approximate surface area is 215 Å². The van der Waals surface area contributed by atoms with Crippen LogP contribution in [0.2, 0.25) is 0 Å². The van der Waals surface area contributed by atoms with Gasteiger partial charge in [-0.25, -0.2) is 4.98 Å². The van der Waals surface area contributed by atoms with E-state index in [0.717, 1.165) is 57.5 Å². The van der Waals surface area contributed by atoms with E-state index in [4.69, 9.17) is 19.9 Å². The third kappa shape index (κ3) is 4.55. The van der Waals surface area contributed by atoms with Crippen molar-refractivity contribution in [1.29, 1.82) is 0 Å². The Balaban J connectivity index is 1.51. The van der Waals surface area contributed by atoms with Crippen molar-refractivity contribution in [3.63, 3.8) is 0 Å². The average Bonchev–Trinajstić information content (AvgIpc) is 3.30. The van der Waals surface area contributed by atoms with Gasteiger partial charge in [0, 0.05) is 50.8 Å². The molecule has 0 unspecified atom stereocenters. The van der Waals surface area contributed by atoms with Crippen LogP contribution in [0, 0.1) is 13.8 Å². The molecule has 3 heterocycles. The lowest BCUT2D eigenvalue weighted by atomic mass is 9.94. The van der Waals surface area contributed by atoms with Crippen molar-refractivity contribution < 1.29 is 13.9 Å². The summed E-state index contributed by atoms with van der Waals surface area (Å²) in [5.41, 5.74) is 11.5. The Bertz CT molecular complexity index is 1550. The summed E-state index contributed by atoms with van der Waals surface area (Å²) >= 11 is 0. The number of benzene rings is 2. The Kier molecular flexibility index (Phi) is 6.64. The topological polar surface area (TPSA) is 116 Å². The van der Waals surface area contributed by atoms with Crippen molar-refractivity contribution in [2.45, 2.75) is 32.6 Å². The third-order valence-electron chi connectivity index (χ3n) is 7.30. The molecule has 2 aromatic carbocycles. The number of fused-ring (bicyclic) bond motifs is 2. The largest absolute Gasteiger partial charge is 0.440 e. The van der Waals surface area contributed by atoms with Gasteiger partial charge in [-0.3, -0.25) is 9.59 Å². The summed E-state index contributed by atoms with van der Waals surface area (Å²) in [4.78, 5) is 32.7. The fourth-order valence-corrected chi connectivity index (χ4v) is 5.29. The first-order valence-electron chi connectivity index (χ1n) is 12.6. The second kappa shape index (κ2) is 9.89. The molecule has 4 aromatic rings. The zero-order valence-corrected chi connectivity index (χ0v) is 21.8. The Morgan fingerprint density at radius 1 is 1.22 bits per heavy atom. The summed E-state index contributed by atoms with van der Waals surface area (Å²) in [7, 11) is 3.33. The van der Waals surface area contributed by atoms with Crippen molar-refractivity contribution in [1.82, 2.24) is 9.55 Å². The van der Waals surface area contributed by atoms with Crippen LogP contribution in [0.15, 0.2) is 39.5 Å². The minimum Gasteiger partial charge on any atom is -0.440 e. The van der Waals surface area contributed by atoms with E-state index in [2.05, 4.69) is 10.2 Å². The highest BCUT2D eigenvalue weighted by Gasteiger charge is 2.30. The number of anilines is 2. The summed E-state index contributed by atoms with van der Waals surface area (Å²) in [6.07, 6.45) is 1.58. The summed E-state index contributed by atoms with van der Waals surface area (Å²) in [6, 6.07) is 10.0. The van der Waals surface area contributed by atoms with Gasteiger partial charge in [-0.05, 0) is 62.1 Å². The van der Waals surface area contributed by atoms with Gasteiger partial charge in [0.15, 0.2) is 11.5 Å². The lowest BCUT2D eigenvalue weighted by Gasteiger charge is -2.34. The molecule has 9 nitrogen and oxygen atoms in total. The van der Waals surface area contributed by atoms with E-state index >= 15 is 0 Å². The van der Waals surface area contributed by atoms with Gasteiger partial charge in [-0.1, -0.05) is 6.07 Å². The molecule has 37 heavy (non-hydrogen) atoms. The van der Waals surface area contributed by atoms with Gasteiger partial charge in [-0.15, -0.1) is 0 Å². The molecule has 3 N–H and O–H groups in total. The van der Waals surface area contributed by atoms with Gasteiger partial charge in [-0.2, -0.15) is 0 Å². The zero-order valence-electron chi connectivity index (χ0n) is 21.8. The number of piperidine rings is 1. The van der Waals surface area contributed by atoms with E-state index in [0.29, 0.717) is 31.9 Å². The molecule has 0 atom stereocenters. The summed E-state index contributed by atoms with van der Waals surface area (Å²) in [5.74, 6) is 0.192. The van der Waals surface area contributed by atoms with Gasteiger partial charge in [0.1, 0.15) is 11.1 Å². The van der Waals surface area contributed by atoms with Crippen LogP contribution < -0.4 is 21.5 Å². The van der Waals surface area contributed by atoms with E-state index in [1.807, 2.05) is 44.2 Å². The monoisotopic (exact) mass is 503 g/mol. The Hall–Kier alpha value is -3.85. The molecule has 1 amide bonds. The van der Waals surface area contributed by atoms with Crippen LogP contribution in [-0.2, 0) is 11.8 Å². The molecule has 1 saturated heterocycles. The molecule has 9 heteroatoms. The lowest BCUT2D eigenvalue weighted by molar-refractivity contribution is 0.0999. The predicted octanol–water partition coefficient (Wildman–Crippen LogP) is 3.84. The number of aryl methyl sites for hydroxylation is 3. The van der Waals surface area contributed by atoms with Crippen LogP contribution in [0.4, 0.5) is 11.4 Å². The van der Waals surface area contributed by atoms with Gasteiger partial charge in [0.05, 0.1) is 17.8 Å². The number of hydrogen-bond donors (Lipinski definition) is 2. The van der Waals surface area contributed by atoms with Crippen LogP contribution in [-0.4, -0.2) is 48.8 Å². The number of rotatable bonds is 7. The second-order valence-corrected chi connectivity index (χ2v) is 9.84. The van der Waals surface area contributed by atoms with Gasteiger partial charge in [0.2, 0.25) is 0 Å². The molecule has 2 aromatic heterocycles. The van der Waals surface area contributed by atoms with Crippen molar-refractivity contribution >= 4 is 39.3 Å². The molecule has 0 saturated carbocycles. The fourth-order valence-electron chi connectivity index (χ4n) is 5.29. The van der Waals surface area contributed by atoms with Crippen LogP contribution in [0.5, 0.6) is 0 Å². The van der Waals surface area contributed by atoms with Crippen molar-refractivity contribution in [2.75, 3.05) is 43.6 Å². The van der Waals surface area contributed by atoms with Crippen molar-refractivity contribution in [3.8, 4) is 0 Å². The van der Waals surface area contributed by atoms with E-state index in [1.165, 1.54) is 4.57 Å². The fraction of sp³-hybridized carbons (Fsp3) is 0.393. The number of amides is 1. The molecule has 1 aliphatic heterocycles. The third-order valence-corrected chi connectivity index (χ3v) is 7.30. The summed E-state index contributed by atoms with van der Waals surface area (Å²) < 4.78 is 12.7. The van der Waals surface area contributed by atoms with Crippen molar-refractivity contribution in [3.05, 3.63) is 63.3 Å². The van der Waals surface area contributed by atoms with Crippen LogP contribution in [0.3, 0.4) is 0 Å². The molecule has 0 bridgehead atoms. The standard InChI is InChI=1S/C28H33N5O4/c1-16-5-6-23-21(13-16)31-27(37-23)18-7-10-33(11-8-18)25-19-14-17(2)20(30-9-12-36-4)15-22(19)32(3)28(35)24(25)26(29)34/h5-6,13-15,18,30H,7-12H2,1-4H3,(H2,29,34). The average molecular weight is 504 g/mol. The first kappa shape index (κ1) is 24.8. The number of pyridine rings is 1. The number of oxazole rings is 1. The number of methoxy groups -OCH3 is 1. The molecule has 5 rings (SSSR count). The quantitative estimate of drug-likeness (QED) is 0.368. The van der Waals surface area contributed by atoms with Gasteiger partial charge >= 0.3 is 0 Å². The number of nitrogens with zero attached hydrogens (tertiary/aromatic N) is 3. The SMILES string of the molecule is COCCNc1cc2c(cc1C)c(N1CCC(c3nc4cc(C)ccc4o3)CC1)c(C(N)=O)c(=O)n2C. The van der Waals surface area contributed by atoms with Crippen LogP contribution in [0.1, 0.15) is 46.1 Å². The molecule has 0 aliphatic carbocycles. The number of nitrogens with two attached hydrogens (primary N) is 1. The number of carbonyl (C=O) groups is 1. The van der Waals surface area contributed by atoms with Crippen LogP contribution in [0.25, 0.3) is 22.0 Å². The van der Waals surface area contributed by atoms with Crippen molar-refractivity contribution in [2.24, 2.45) is 12.8 Å². The molecule has 1 aliphatic rings. The molecular formula is C28H33N5O4. The highest BCUT2D eigenvalue weighted by molar-refractivity contribution is 6.07. The maximum absolute atomic E-state index is 13.3. The molecule has 0 radical (unpaired) electrons. The maximum atomic E-state index is 13.3. The Morgan fingerprint density at radius 2 is 1.97 bits per heavy atom. The van der Waals surface area contributed by atoms with Gasteiger partial charge < -0.3 is 29.7 Å². The van der Waals surface area contributed by atoms with Gasteiger partial charge in [0.25, 0.3) is 11.5 Å². The van der Waals surface area contributed by atoms with E-state index in [9.17, 15) is 9.59 Å². The maximum Gasteiger partial charge on any atom is 0.265 e. The first-order chi connectivity index (χ1) is 17.8. The highest BCUT2D eigenvalue weighted by Crippen LogP contribution is 2.37. The Morgan fingerprint density at radius 3 is 2.68 bits per heavy atom. The highest BCUT2D eigenvalue weighted by atomic mass is 16.5. The lowest BCUT2D eigenvalue weighted by Crippen LogP contribution is -2.38. The molecular weight excluding hydrogens is 470 g/mol. The number of carbonyl (C=O) groups excluding carboxylic acids is 1. The van der Waals surface area contributed by atoms with Crippen LogP contribution >= 0.6 is 0 Å². The summed E-state index contributed by atoms with van der Waals surface area (Å²) in [5, 5.41) is 4.20. The minimum atomic E-state index is -0.714. The first-order valence-corrected chi connectivity index (χ1v) is 12.6. The number of nitrogens with one attached hydrogen (secondary N) is 1.